The van der Waals surface area contributed by atoms with Gasteiger partial charge in [0.05, 0.1) is 6.54 Å². The minimum Gasteiger partial charge on any atom is -0.382 e. The Morgan fingerprint density at radius 3 is 2.62 bits per heavy atom. The Kier molecular flexibility index (Phi) is 5.63. The van der Waals surface area contributed by atoms with Crippen LogP contribution in [-0.2, 0) is 13.1 Å². The molecule has 2 N–H and O–H groups in total. The zero-order valence-electron chi connectivity index (χ0n) is 14.6. The normalized spacial score (nSPS) is 11.2. The second-order valence-electron chi connectivity index (χ2n) is 5.98. The standard InChI is InChI=1S/C17H20ClN7S/c1-4-9-24-16(21-22-17(24)26-11(2)3)14-15(19)25(23-20-14)10-12-5-7-13(18)8-6-12/h4-8,11H,1,9-10,19H2,2-3H3. The summed E-state index contributed by atoms with van der Waals surface area (Å²) in [7, 11) is 0. The van der Waals surface area contributed by atoms with Gasteiger partial charge in [0.2, 0.25) is 0 Å². The Morgan fingerprint density at radius 2 is 1.96 bits per heavy atom. The highest BCUT2D eigenvalue weighted by atomic mass is 35.5. The summed E-state index contributed by atoms with van der Waals surface area (Å²) < 4.78 is 3.59. The smallest absolute Gasteiger partial charge is 0.192 e. The van der Waals surface area contributed by atoms with E-state index in [-0.39, 0.29) is 0 Å². The number of nitrogens with zero attached hydrogens (tertiary/aromatic N) is 6. The van der Waals surface area contributed by atoms with Crippen LogP contribution in [0.4, 0.5) is 5.82 Å². The molecule has 0 aliphatic heterocycles. The van der Waals surface area contributed by atoms with Crippen molar-refractivity contribution in [2.75, 3.05) is 5.73 Å². The molecule has 9 heteroatoms. The Bertz CT molecular complexity index is 898. The number of nitrogen functional groups attached to an aromatic ring is 1. The number of benzene rings is 1. The number of aromatic nitrogens is 6. The van der Waals surface area contributed by atoms with Gasteiger partial charge >= 0.3 is 0 Å². The van der Waals surface area contributed by atoms with Crippen LogP contribution in [0, 0.1) is 0 Å². The fourth-order valence-electron chi connectivity index (χ4n) is 2.41. The fourth-order valence-corrected chi connectivity index (χ4v) is 3.34. The summed E-state index contributed by atoms with van der Waals surface area (Å²) in [6, 6.07) is 7.53. The van der Waals surface area contributed by atoms with Crippen LogP contribution in [0.3, 0.4) is 0 Å². The molecule has 0 aliphatic carbocycles. The molecule has 3 aromatic rings. The van der Waals surface area contributed by atoms with E-state index in [1.165, 1.54) is 0 Å². The number of thioether (sulfide) groups is 1. The number of hydrogen-bond acceptors (Lipinski definition) is 6. The van der Waals surface area contributed by atoms with Gasteiger partial charge in [0, 0.05) is 16.8 Å². The second-order valence-corrected chi connectivity index (χ2v) is 7.96. The number of nitrogens with two attached hydrogens (primary N) is 1. The molecule has 2 aromatic heterocycles. The number of rotatable bonds is 7. The maximum atomic E-state index is 6.29. The van der Waals surface area contributed by atoms with Gasteiger partial charge in [0.25, 0.3) is 0 Å². The van der Waals surface area contributed by atoms with Crippen molar-refractivity contribution in [2.45, 2.75) is 37.3 Å². The molecule has 1 aromatic carbocycles. The highest BCUT2D eigenvalue weighted by molar-refractivity contribution is 7.99. The van der Waals surface area contributed by atoms with Gasteiger partial charge in [-0.05, 0) is 17.7 Å². The summed E-state index contributed by atoms with van der Waals surface area (Å²) in [5, 5.41) is 18.8. The Hall–Kier alpha value is -2.32. The van der Waals surface area contributed by atoms with Crippen molar-refractivity contribution in [3.63, 3.8) is 0 Å². The molecule has 26 heavy (non-hydrogen) atoms. The molecule has 0 atom stereocenters. The Labute approximate surface area is 161 Å². The van der Waals surface area contributed by atoms with E-state index in [0.29, 0.717) is 40.7 Å². The van der Waals surface area contributed by atoms with Crippen LogP contribution in [0.2, 0.25) is 5.02 Å². The van der Waals surface area contributed by atoms with Gasteiger partial charge in [-0.15, -0.1) is 21.9 Å². The zero-order valence-corrected chi connectivity index (χ0v) is 16.2. The first kappa shape index (κ1) is 18.5. The average molecular weight is 390 g/mol. The molecule has 136 valence electrons. The monoisotopic (exact) mass is 389 g/mol. The lowest BCUT2D eigenvalue weighted by Crippen LogP contribution is -2.07. The van der Waals surface area contributed by atoms with Crippen LogP contribution >= 0.6 is 23.4 Å². The first-order valence-electron chi connectivity index (χ1n) is 8.14. The van der Waals surface area contributed by atoms with E-state index in [2.05, 4.69) is 40.9 Å². The predicted molar refractivity (Wildman–Crippen MR) is 105 cm³/mol. The van der Waals surface area contributed by atoms with Crippen molar-refractivity contribution in [2.24, 2.45) is 0 Å². The number of allylic oxidation sites excluding steroid dienone is 1. The summed E-state index contributed by atoms with van der Waals surface area (Å²) in [5.41, 5.74) is 7.83. The third-order valence-corrected chi connectivity index (χ3v) is 4.84. The van der Waals surface area contributed by atoms with Gasteiger partial charge < -0.3 is 5.73 Å². The molecule has 0 saturated carbocycles. The summed E-state index contributed by atoms with van der Waals surface area (Å²) in [6.07, 6.45) is 1.80. The van der Waals surface area contributed by atoms with Crippen molar-refractivity contribution in [1.29, 1.82) is 0 Å². The molecule has 7 nitrogen and oxygen atoms in total. The van der Waals surface area contributed by atoms with Crippen LogP contribution in [0.25, 0.3) is 11.5 Å². The van der Waals surface area contributed by atoms with Crippen LogP contribution in [-0.4, -0.2) is 35.0 Å². The number of halogens is 1. The Balaban J connectivity index is 1.93. The predicted octanol–water partition coefficient (Wildman–Crippen LogP) is 3.51. The molecule has 0 amide bonds. The maximum Gasteiger partial charge on any atom is 0.192 e. The third kappa shape index (κ3) is 3.91. The zero-order chi connectivity index (χ0) is 18.7. The largest absolute Gasteiger partial charge is 0.382 e. The molecule has 3 rings (SSSR count). The molecule has 0 radical (unpaired) electrons. The molecule has 0 bridgehead atoms. The Morgan fingerprint density at radius 1 is 1.23 bits per heavy atom. The molecule has 0 spiro atoms. The van der Waals surface area contributed by atoms with Gasteiger partial charge in [-0.2, -0.15) is 0 Å². The first-order valence-corrected chi connectivity index (χ1v) is 9.40. The maximum absolute atomic E-state index is 6.29. The quantitative estimate of drug-likeness (QED) is 0.491. The van der Waals surface area contributed by atoms with Gasteiger partial charge in [-0.25, -0.2) is 4.68 Å². The third-order valence-electron chi connectivity index (χ3n) is 3.60. The van der Waals surface area contributed by atoms with E-state index < -0.39 is 0 Å². The van der Waals surface area contributed by atoms with Crippen LogP contribution in [0.15, 0.2) is 42.1 Å². The van der Waals surface area contributed by atoms with E-state index in [9.17, 15) is 0 Å². The number of hydrogen-bond donors (Lipinski definition) is 1. The summed E-state index contributed by atoms with van der Waals surface area (Å²) in [6.45, 7) is 9.09. The van der Waals surface area contributed by atoms with Crippen molar-refractivity contribution in [3.05, 3.63) is 47.5 Å². The van der Waals surface area contributed by atoms with Gasteiger partial charge in [-0.1, -0.05) is 60.6 Å². The molecule has 2 heterocycles. The summed E-state index contributed by atoms with van der Waals surface area (Å²) in [5.74, 6) is 1.03. The molecular weight excluding hydrogens is 370 g/mol. The highest BCUT2D eigenvalue weighted by Gasteiger charge is 2.21. The second kappa shape index (κ2) is 7.92. The summed E-state index contributed by atoms with van der Waals surface area (Å²) in [4.78, 5) is 0. The van der Waals surface area contributed by atoms with E-state index in [1.807, 2.05) is 28.8 Å². The van der Waals surface area contributed by atoms with E-state index >= 15 is 0 Å². The molecule has 0 aliphatic rings. The van der Waals surface area contributed by atoms with Crippen molar-refractivity contribution < 1.29 is 0 Å². The topological polar surface area (TPSA) is 87.4 Å². The van der Waals surface area contributed by atoms with Crippen molar-refractivity contribution in [3.8, 4) is 11.5 Å². The fraction of sp³-hybridized carbons (Fsp3) is 0.294. The first-order chi connectivity index (χ1) is 12.5. The molecule has 0 saturated heterocycles. The minimum atomic E-state index is 0.383. The highest BCUT2D eigenvalue weighted by Crippen LogP contribution is 2.28. The van der Waals surface area contributed by atoms with Crippen LogP contribution in [0.5, 0.6) is 0 Å². The van der Waals surface area contributed by atoms with E-state index in [0.717, 1.165) is 10.7 Å². The minimum absolute atomic E-state index is 0.383. The molecule has 0 fully saturated rings. The molecule has 0 unspecified atom stereocenters. The van der Waals surface area contributed by atoms with Crippen molar-refractivity contribution >= 4 is 29.2 Å². The lowest BCUT2D eigenvalue weighted by Gasteiger charge is -2.08. The number of anilines is 1. The lowest BCUT2D eigenvalue weighted by molar-refractivity contribution is 0.657. The van der Waals surface area contributed by atoms with E-state index in [4.69, 9.17) is 17.3 Å². The SMILES string of the molecule is C=CCn1c(SC(C)C)nnc1-c1nnn(Cc2ccc(Cl)cc2)c1N. The van der Waals surface area contributed by atoms with E-state index in [1.54, 1.807) is 22.5 Å². The lowest BCUT2D eigenvalue weighted by atomic mass is 10.2. The molecular formula is C17H20ClN7S. The van der Waals surface area contributed by atoms with Crippen LogP contribution < -0.4 is 5.73 Å². The average Bonchev–Trinajstić information content (AvgIpc) is 3.14. The summed E-state index contributed by atoms with van der Waals surface area (Å²) >= 11 is 7.56. The van der Waals surface area contributed by atoms with Crippen LogP contribution in [0.1, 0.15) is 19.4 Å². The van der Waals surface area contributed by atoms with Crippen molar-refractivity contribution in [1.82, 2.24) is 29.8 Å². The van der Waals surface area contributed by atoms with Gasteiger partial charge in [-0.3, -0.25) is 4.57 Å². The van der Waals surface area contributed by atoms with Gasteiger partial charge in [0.15, 0.2) is 22.5 Å². The van der Waals surface area contributed by atoms with Gasteiger partial charge in [0.1, 0.15) is 0 Å².